The van der Waals surface area contributed by atoms with Crippen molar-refractivity contribution in [2.75, 3.05) is 33.0 Å². The van der Waals surface area contributed by atoms with Gasteiger partial charge in [0.1, 0.15) is 11.6 Å². The van der Waals surface area contributed by atoms with Gasteiger partial charge in [0.2, 0.25) is 10.0 Å². The van der Waals surface area contributed by atoms with E-state index in [0.29, 0.717) is 43.9 Å². The monoisotopic (exact) mass is 418 g/mol. The van der Waals surface area contributed by atoms with Crippen molar-refractivity contribution >= 4 is 10.0 Å². The quantitative estimate of drug-likeness (QED) is 0.781. The molecule has 1 aromatic heterocycles. The molecule has 8 nitrogen and oxygen atoms in total. The summed E-state index contributed by atoms with van der Waals surface area (Å²) in [6, 6.07) is 7.95. The van der Waals surface area contributed by atoms with Crippen molar-refractivity contribution in [1.82, 2.24) is 19.2 Å². The van der Waals surface area contributed by atoms with Crippen LogP contribution in [0, 0.1) is 0 Å². The predicted octanol–water partition coefficient (Wildman–Crippen LogP) is 1.09. The lowest BCUT2D eigenvalue weighted by atomic mass is 10.0. The summed E-state index contributed by atoms with van der Waals surface area (Å²) in [5, 5.41) is 0. The number of ether oxygens (including phenoxy) is 1. The zero-order valence-corrected chi connectivity index (χ0v) is 17.5. The highest BCUT2D eigenvalue weighted by Gasteiger charge is 2.32. The molecule has 9 heteroatoms. The van der Waals surface area contributed by atoms with Crippen LogP contribution >= 0.6 is 0 Å². The van der Waals surface area contributed by atoms with Gasteiger partial charge in [0.15, 0.2) is 0 Å². The van der Waals surface area contributed by atoms with Gasteiger partial charge < -0.3 is 9.72 Å². The number of rotatable bonds is 5. The molecule has 0 aliphatic carbocycles. The van der Waals surface area contributed by atoms with E-state index in [0.717, 1.165) is 24.5 Å². The van der Waals surface area contributed by atoms with Crippen LogP contribution in [0.2, 0.25) is 0 Å². The number of hydrogen-bond donors (Lipinski definition) is 1. The van der Waals surface area contributed by atoms with Gasteiger partial charge in [-0.25, -0.2) is 17.7 Å². The minimum absolute atomic E-state index is 0.0555. The Morgan fingerprint density at radius 2 is 2.00 bits per heavy atom. The Balaban J connectivity index is 1.48. The van der Waals surface area contributed by atoms with E-state index in [-0.39, 0.29) is 11.5 Å². The fourth-order valence-corrected chi connectivity index (χ4v) is 4.96. The molecular weight excluding hydrogens is 392 g/mol. The van der Waals surface area contributed by atoms with E-state index in [9.17, 15) is 13.2 Å². The largest absolute Gasteiger partial charge is 0.497 e. The molecule has 1 atom stereocenters. The van der Waals surface area contributed by atoms with E-state index in [1.807, 2.05) is 24.3 Å². The van der Waals surface area contributed by atoms with Gasteiger partial charge in [0.05, 0.1) is 24.6 Å². The molecule has 3 heterocycles. The summed E-state index contributed by atoms with van der Waals surface area (Å²) in [6.07, 6.45) is 2.61. The van der Waals surface area contributed by atoms with E-state index < -0.39 is 10.0 Å². The molecule has 0 spiro atoms. The third kappa shape index (κ3) is 4.36. The normalized spacial score (nSPS) is 20.6. The molecule has 1 N–H and O–H groups in total. The number of H-pyrrole nitrogens is 1. The van der Waals surface area contributed by atoms with Crippen molar-refractivity contribution in [3.8, 4) is 5.75 Å². The highest BCUT2D eigenvalue weighted by Crippen LogP contribution is 2.27. The third-order valence-electron chi connectivity index (χ3n) is 5.74. The molecule has 1 saturated heterocycles. The number of aromatic nitrogens is 2. The molecule has 0 radical (unpaired) electrons. The fraction of sp³-hybridized carbons (Fsp3) is 0.500. The van der Waals surface area contributed by atoms with Crippen LogP contribution < -0.4 is 10.3 Å². The Labute approximate surface area is 170 Å². The van der Waals surface area contributed by atoms with Gasteiger partial charge in [-0.05, 0) is 24.1 Å². The van der Waals surface area contributed by atoms with E-state index in [2.05, 4.69) is 9.88 Å². The number of aromatic amines is 1. The first kappa shape index (κ1) is 20.1. The number of nitrogens with zero attached hydrogens (tertiary/aromatic N) is 3. The van der Waals surface area contributed by atoms with Crippen molar-refractivity contribution in [2.24, 2.45) is 0 Å². The van der Waals surface area contributed by atoms with Gasteiger partial charge in [-0.15, -0.1) is 0 Å². The summed E-state index contributed by atoms with van der Waals surface area (Å²) in [7, 11) is -1.57. The zero-order valence-electron chi connectivity index (χ0n) is 16.7. The Morgan fingerprint density at radius 3 is 2.66 bits per heavy atom. The lowest BCUT2D eigenvalue weighted by Crippen LogP contribution is -2.36. The standard InChI is InChI=1S/C20H26N4O4S/c1-28-16-5-3-14(4-6-16)11-23-9-8-18-17(13-23)20(25)22-19(21-18)15-7-10-24(12-15)29(2,26)27/h3-6,15H,7-13H2,1-2H3,(H,21,22,25). The summed E-state index contributed by atoms with van der Waals surface area (Å²) in [5.41, 5.74) is 2.61. The van der Waals surface area contributed by atoms with Crippen LogP contribution in [0.3, 0.4) is 0 Å². The van der Waals surface area contributed by atoms with Crippen LogP contribution in [0.4, 0.5) is 0 Å². The Kier molecular flexibility index (Phi) is 5.46. The molecule has 156 valence electrons. The van der Waals surface area contributed by atoms with Crippen LogP contribution in [0.15, 0.2) is 29.1 Å². The van der Waals surface area contributed by atoms with E-state index in [1.54, 1.807) is 7.11 Å². The van der Waals surface area contributed by atoms with Crippen LogP contribution in [-0.4, -0.2) is 60.6 Å². The van der Waals surface area contributed by atoms with Crippen LogP contribution in [0.25, 0.3) is 0 Å². The van der Waals surface area contributed by atoms with Gasteiger partial charge in [-0.3, -0.25) is 9.69 Å². The lowest BCUT2D eigenvalue weighted by Gasteiger charge is -2.28. The number of benzene rings is 1. The van der Waals surface area contributed by atoms with Crippen molar-refractivity contribution in [1.29, 1.82) is 0 Å². The average molecular weight is 419 g/mol. The van der Waals surface area contributed by atoms with Crippen molar-refractivity contribution in [3.05, 3.63) is 57.3 Å². The first-order valence-electron chi connectivity index (χ1n) is 9.76. The number of hydrogen-bond acceptors (Lipinski definition) is 6. The minimum atomic E-state index is -3.21. The van der Waals surface area contributed by atoms with Gasteiger partial charge in [0, 0.05) is 45.1 Å². The molecule has 1 fully saturated rings. The SMILES string of the molecule is COc1ccc(CN2CCc3nc(C4CCN(S(C)(=O)=O)C4)[nH]c(=O)c3C2)cc1. The lowest BCUT2D eigenvalue weighted by molar-refractivity contribution is 0.241. The maximum absolute atomic E-state index is 12.7. The van der Waals surface area contributed by atoms with Gasteiger partial charge in [-0.2, -0.15) is 0 Å². The first-order valence-corrected chi connectivity index (χ1v) is 11.6. The van der Waals surface area contributed by atoms with Crippen LogP contribution in [0.5, 0.6) is 5.75 Å². The molecule has 4 rings (SSSR count). The van der Waals surface area contributed by atoms with Crippen molar-refractivity contribution < 1.29 is 13.2 Å². The summed E-state index contributed by atoms with van der Waals surface area (Å²) < 4.78 is 30.2. The predicted molar refractivity (Wildman–Crippen MR) is 109 cm³/mol. The highest BCUT2D eigenvalue weighted by molar-refractivity contribution is 7.88. The maximum atomic E-state index is 12.7. The molecular formula is C20H26N4O4S. The molecule has 0 saturated carbocycles. The Hall–Kier alpha value is -2.23. The second kappa shape index (κ2) is 7.89. The van der Waals surface area contributed by atoms with Crippen molar-refractivity contribution in [2.45, 2.75) is 31.8 Å². The van der Waals surface area contributed by atoms with Gasteiger partial charge in [0.25, 0.3) is 5.56 Å². The van der Waals surface area contributed by atoms with Crippen molar-refractivity contribution in [3.63, 3.8) is 0 Å². The zero-order chi connectivity index (χ0) is 20.6. The molecule has 1 aromatic carbocycles. The summed E-state index contributed by atoms with van der Waals surface area (Å²) in [5.74, 6) is 1.39. The molecule has 2 aromatic rings. The molecule has 0 amide bonds. The molecule has 1 unspecified atom stereocenters. The Bertz CT molecular complexity index is 1050. The average Bonchev–Trinajstić information content (AvgIpc) is 3.20. The number of methoxy groups -OCH3 is 1. The third-order valence-corrected chi connectivity index (χ3v) is 7.01. The second-order valence-electron chi connectivity index (χ2n) is 7.79. The van der Waals surface area contributed by atoms with Gasteiger partial charge >= 0.3 is 0 Å². The summed E-state index contributed by atoms with van der Waals surface area (Å²) >= 11 is 0. The molecule has 2 aliphatic heterocycles. The topological polar surface area (TPSA) is 95.6 Å². The first-order chi connectivity index (χ1) is 13.8. The Morgan fingerprint density at radius 1 is 1.24 bits per heavy atom. The smallest absolute Gasteiger partial charge is 0.255 e. The minimum Gasteiger partial charge on any atom is -0.497 e. The van der Waals surface area contributed by atoms with E-state index in [4.69, 9.17) is 9.72 Å². The highest BCUT2D eigenvalue weighted by atomic mass is 32.2. The van der Waals surface area contributed by atoms with E-state index in [1.165, 1.54) is 16.1 Å². The molecule has 2 aliphatic rings. The molecule has 29 heavy (non-hydrogen) atoms. The fourth-order valence-electron chi connectivity index (χ4n) is 4.07. The summed E-state index contributed by atoms with van der Waals surface area (Å²) in [6.45, 7) is 3.00. The second-order valence-corrected chi connectivity index (χ2v) is 9.77. The molecule has 0 bridgehead atoms. The number of fused-ring (bicyclic) bond motifs is 1. The maximum Gasteiger partial charge on any atom is 0.255 e. The van der Waals surface area contributed by atoms with Gasteiger partial charge in [-0.1, -0.05) is 12.1 Å². The summed E-state index contributed by atoms with van der Waals surface area (Å²) in [4.78, 5) is 22.6. The van der Waals surface area contributed by atoms with Crippen LogP contribution in [0.1, 0.15) is 35.0 Å². The van der Waals surface area contributed by atoms with E-state index >= 15 is 0 Å². The number of sulfonamides is 1. The van der Waals surface area contributed by atoms with Crippen LogP contribution in [-0.2, 0) is 29.5 Å². The number of nitrogens with one attached hydrogen (secondary N) is 1.